The Bertz CT molecular complexity index is 1590. The predicted molar refractivity (Wildman–Crippen MR) is 160 cm³/mol. The van der Waals surface area contributed by atoms with Crippen molar-refractivity contribution in [3.63, 3.8) is 0 Å². The lowest BCUT2D eigenvalue weighted by molar-refractivity contribution is -0.127. The number of nitrogens with zero attached hydrogens (tertiary/aromatic N) is 2. The van der Waals surface area contributed by atoms with Gasteiger partial charge in [-0.2, -0.15) is 0 Å². The molecule has 3 amide bonds. The Morgan fingerprint density at radius 2 is 1.60 bits per heavy atom. The monoisotopic (exact) mass is 551 g/mol. The van der Waals surface area contributed by atoms with Gasteiger partial charge in [0, 0.05) is 22.8 Å². The molecule has 1 aromatic heterocycles. The van der Waals surface area contributed by atoms with Crippen LogP contribution in [0.1, 0.15) is 23.9 Å². The lowest BCUT2D eigenvalue weighted by Crippen LogP contribution is -2.36. The molecule has 0 spiro atoms. The number of imide groups is 1. The van der Waals surface area contributed by atoms with Crippen molar-refractivity contribution >= 4 is 40.6 Å². The molecule has 0 aliphatic carbocycles. The number of nitrogens with one attached hydrogen (secondary N) is 1. The summed E-state index contributed by atoms with van der Waals surface area (Å²) in [4.78, 5) is 39.6. The zero-order chi connectivity index (χ0) is 28.2. The first-order valence-corrected chi connectivity index (χ1v) is 13.8. The Kier molecular flexibility index (Phi) is 7.89. The molecule has 1 aliphatic heterocycles. The first kappa shape index (κ1) is 27.0. The molecule has 7 nitrogen and oxygen atoms in total. The summed E-state index contributed by atoms with van der Waals surface area (Å²) >= 11 is 0.844. The van der Waals surface area contributed by atoms with Crippen molar-refractivity contribution in [2.45, 2.75) is 20.8 Å². The predicted octanol–water partition coefficient (Wildman–Crippen LogP) is 6.83. The molecule has 0 bridgehead atoms. The second-order valence-corrected chi connectivity index (χ2v) is 10.3. The molecule has 0 radical (unpaired) electrons. The molecular weight excluding hydrogens is 522 g/mol. The number of aryl methyl sites for hydroxylation is 1. The van der Waals surface area contributed by atoms with Gasteiger partial charge in [-0.1, -0.05) is 42.5 Å². The Hall–Kier alpha value is -4.56. The van der Waals surface area contributed by atoms with Crippen molar-refractivity contribution in [3.8, 4) is 22.6 Å². The first-order valence-electron chi connectivity index (χ1n) is 13.0. The van der Waals surface area contributed by atoms with Crippen molar-refractivity contribution in [1.29, 1.82) is 0 Å². The summed E-state index contributed by atoms with van der Waals surface area (Å²) < 4.78 is 7.53. The van der Waals surface area contributed by atoms with Gasteiger partial charge < -0.3 is 14.6 Å². The summed E-state index contributed by atoms with van der Waals surface area (Å²) in [6.07, 6.45) is 1.73. The van der Waals surface area contributed by atoms with Gasteiger partial charge in [0.05, 0.1) is 11.5 Å². The number of ether oxygens (including phenoxy) is 1. The highest BCUT2D eigenvalue weighted by molar-refractivity contribution is 8.18. The summed E-state index contributed by atoms with van der Waals surface area (Å²) in [5, 5.41) is 2.25. The maximum Gasteiger partial charge on any atom is 0.294 e. The minimum absolute atomic E-state index is 0.290. The number of benzene rings is 3. The fourth-order valence-corrected chi connectivity index (χ4v) is 5.52. The van der Waals surface area contributed by atoms with Gasteiger partial charge in [0.2, 0.25) is 5.91 Å². The number of aromatic nitrogens is 1. The number of hydrogen-bond acceptors (Lipinski definition) is 5. The fraction of sp³-hybridized carbons (Fsp3) is 0.156. The highest BCUT2D eigenvalue weighted by Gasteiger charge is 2.36. The van der Waals surface area contributed by atoms with E-state index in [0.29, 0.717) is 22.9 Å². The van der Waals surface area contributed by atoms with Crippen LogP contribution >= 0.6 is 11.8 Å². The standard InChI is InChI=1S/C32H29N3O4S/c1-4-39-28-16-12-26(13-17-28)33-30(36)20-34-31(37)29(40-32(34)38)19-25-18-21(2)35(22(25)3)27-14-10-24(11-15-27)23-8-6-5-7-9-23/h5-19H,4,20H2,1-3H3,(H,33,36)/b29-19-. The molecule has 5 rings (SSSR count). The van der Waals surface area contributed by atoms with E-state index in [0.717, 1.165) is 50.4 Å². The first-order chi connectivity index (χ1) is 19.3. The van der Waals surface area contributed by atoms with Gasteiger partial charge >= 0.3 is 0 Å². The number of amides is 3. The molecular formula is C32H29N3O4S. The van der Waals surface area contributed by atoms with Crippen molar-refractivity contribution < 1.29 is 19.1 Å². The lowest BCUT2D eigenvalue weighted by atomic mass is 10.1. The summed E-state index contributed by atoms with van der Waals surface area (Å²) in [6.45, 7) is 6.07. The third-order valence-corrected chi connectivity index (χ3v) is 7.52. The van der Waals surface area contributed by atoms with Crippen molar-refractivity contribution in [1.82, 2.24) is 9.47 Å². The zero-order valence-electron chi connectivity index (χ0n) is 22.5. The smallest absolute Gasteiger partial charge is 0.294 e. The average Bonchev–Trinajstić information content (AvgIpc) is 3.38. The fourth-order valence-electron chi connectivity index (χ4n) is 4.69. The number of thioether (sulfide) groups is 1. The lowest BCUT2D eigenvalue weighted by Gasteiger charge is -2.13. The van der Waals surface area contributed by atoms with Gasteiger partial charge in [-0.3, -0.25) is 19.3 Å². The number of rotatable bonds is 8. The minimum atomic E-state index is -0.478. The topological polar surface area (TPSA) is 80.6 Å². The maximum absolute atomic E-state index is 13.1. The molecule has 3 aromatic carbocycles. The van der Waals surface area contributed by atoms with E-state index in [9.17, 15) is 14.4 Å². The number of carbonyl (C=O) groups is 3. The van der Waals surface area contributed by atoms with E-state index in [1.165, 1.54) is 0 Å². The summed E-state index contributed by atoms with van der Waals surface area (Å²) in [5.41, 5.74) is 6.64. The largest absolute Gasteiger partial charge is 0.494 e. The van der Waals surface area contributed by atoms with Crippen LogP contribution in [0.25, 0.3) is 22.9 Å². The highest BCUT2D eigenvalue weighted by atomic mass is 32.2. The molecule has 2 heterocycles. The van der Waals surface area contributed by atoms with E-state index in [-0.39, 0.29) is 6.54 Å². The van der Waals surface area contributed by atoms with Crippen LogP contribution in [0.15, 0.2) is 89.8 Å². The van der Waals surface area contributed by atoms with Crippen LogP contribution in [-0.4, -0.2) is 39.7 Å². The van der Waals surface area contributed by atoms with E-state index >= 15 is 0 Å². The van der Waals surface area contributed by atoms with Crippen LogP contribution in [0.5, 0.6) is 5.75 Å². The minimum Gasteiger partial charge on any atom is -0.494 e. The van der Waals surface area contributed by atoms with Crippen LogP contribution in [0.2, 0.25) is 0 Å². The van der Waals surface area contributed by atoms with E-state index in [1.54, 1.807) is 30.3 Å². The molecule has 0 unspecified atom stereocenters. The second-order valence-electron chi connectivity index (χ2n) is 9.35. The number of carbonyl (C=O) groups excluding carboxylic acids is 3. The molecule has 8 heteroatoms. The van der Waals surface area contributed by atoms with Crippen LogP contribution in [0, 0.1) is 13.8 Å². The molecule has 1 aliphatic rings. The van der Waals surface area contributed by atoms with Gasteiger partial charge in [-0.25, -0.2) is 0 Å². The number of anilines is 1. The molecule has 40 heavy (non-hydrogen) atoms. The Balaban J connectivity index is 1.29. The zero-order valence-corrected chi connectivity index (χ0v) is 23.3. The summed E-state index contributed by atoms with van der Waals surface area (Å²) in [6, 6.07) is 27.4. The summed E-state index contributed by atoms with van der Waals surface area (Å²) in [5.74, 6) is -0.237. The molecule has 202 valence electrons. The van der Waals surface area contributed by atoms with Crippen LogP contribution < -0.4 is 10.1 Å². The molecule has 0 atom stereocenters. The average molecular weight is 552 g/mol. The Morgan fingerprint density at radius 3 is 2.27 bits per heavy atom. The second kappa shape index (κ2) is 11.7. The van der Waals surface area contributed by atoms with Gasteiger partial charge in [0.15, 0.2) is 0 Å². The normalized spacial score (nSPS) is 14.2. The third-order valence-electron chi connectivity index (χ3n) is 6.61. The number of hydrogen-bond donors (Lipinski definition) is 1. The molecule has 1 saturated heterocycles. The van der Waals surface area contributed by atoms with Gasteiger partial charge in [-0.15, -0.1) is 0 Å². The van der Waals surface area contributed by atoms with Crippen molar-refractivity contribution in [3.05, 3.63) is 107 Å². The van der Waals surface area contributed by atoms with E-state index in [1.807, 2.05) is 45.0 Å². The van der Waals surface area contributed by atoms with Crippen LogP contribution in [0.4, 0.5) is 10.5 Å². The molecule has 1 N–H and O–H groups in total. The van der Waals surface area contributed by atoms with Crippen LogP contribution in [0.3, 0.4) is 0 Å². The maximum atomic E-state index is 13.1. The van der Waals surface area contributed by atoms with Gasteiger partial charge in [0.1, 0.15) is 12.3 Å². The van der Waals surface area contributed by atoms with E-state index < -0.39 is 17.1 Å². The van der Waals surface area contributed by atoms with E-state index in [2.05, 4.69) is 46.3 Å². The Morgan fingerprint density at radius 1 is 0.925 bits per heavy atom. The van der Waals surface area contributed by atoms with Crippen molar-refractivity contribution in [2.75, 3.05) is 18.5 Å². The quantitative estimate of drug-likeness (QED) is 0.243. The molecule has 0 saturated carbocycles. The van der Waals surface area contributed by atoms with Crippen molar-refractivity contribution in [2.24, 2.45) is 0 Å². The van der Waals surface area contributed by atoms with Gasteiger partial charge in [-0.05, 0) is 97.8 Å². The summed E-state index contributed by atoms with van der Waals surface area (Å²) in [7, 11) is 0. The Labute approximate surface area is 237 Å². The van der Waals surface area contributed by atoms with E-state index in [4.69, 9.17) is 4.74 Å². The molecule has 1 fully saturated rings. The third kappa shape index (κ3) is 5.72. The molecule has 4 aromatic rings. The van der Waals surface area contributed by atoms with Gasteiger partial charge in [0.25, 0.3) is 11.1 Å². The van der Waals surface area contributed by atoms with Crippen LogP contribution in [-0.2, 0) is 9.59 Å². The highest BCUT2D eigenvalue weighted by Crippen LogP contribution is 2.34. The SMILES string of the molecule is CCOc1ccc(NC(=O)CN2C(=O)S/C(=C\c3cc(C)n(-c4ccc(-c5ccccc5)cc4)c3C)C2=O)cc1.